The van der Waals surface area contributed by atoms with Crippen LogP contribution in [0, 0.1) is 3.57 Å². The number of amides is 2. The van der Waals surface area contributed by atoms with Crippen molar-refractivity contribution in [3.63, 3.8) is 0 Å². The molecular weight excluding hydrogens is 423 g/mol. The van der Waals surface area contributed by atoms with Gasteiger partial charge in [0.1, 0.15) is 0 Å². The minimum atomic E-state index is -0.174. The Morgan fingerprint density at radius 3 is 2.57 bits per heavy atom. The molecule has 120 valence electrons. The zero-order valence-corrected chi connectivity index (χ0v) is 15.8. The lowest BCUT2D eigenvalue weighted by Gasteiger charge is -2.12. The Morgan fingerprint density at radius 2 is 1.87 bits per heavy atom. The molecule has 0 atom stereocenters. The van der Waals surface area contributed by atoms with Gasteiger partial charge in [-0.1, -0.05) is 18.2 Å². The summed E-state index contributed by atoms with van der Waals surface area (Å²) in [6, 6.07) is 14.9. The second-order valence-electron chi connectivity index (χ2n) is 5.04. The minimum absolute atomic E-state index is 0.0165. The lowest BCUT2D eigenvalue weighted by atomic mass is 10.2. The van der Waals surface area contributed by atoms with Crippen molar-refractivity contribution < 1.29 is 9.59 Å². The predicted molar refractivity (Wildman–Crippen MR) is 103 cm³/mol. The third-order valence-corrected chi connectivity index (χ3v) is 4.79. The van der Waals surface area contributed by atoms with Gasteiger partial charge in [0.15, 0.2) is 0 Å². The summed E-state index contributed by atoms with van der Waals surface area (Å²) in [7, 11) is 3.44. The number of rotatable bonds is 5. The molecule has 0 spiro atoms. The number of carbonyl (C=O) groups excluding carboxylic acids is 2. The number of nitrogens with zero attached hydrogens (tertiary/aromatic N) is 1. The Hall–Kier alpha value is -1.54. The molecule has 0 heterocycles. The van der Waals surface area contributed by atoms with E-state index in [1.54, 1.807) is 25.1 Å². The van der Waals surface area contributed by atoms with Gasteiger partial charge in [0.05, 0.1) is 11.3 Å². The smallest absolute Gasteiger partial charge is 0.256 e. The molecule has 0 aliphatic carbocycles. The molecule has 0 aromatic heterocycles. The van der Waals surface area contributed by atoms with Crippen LogP contribution in [0.2, 0.25) is 0 Å². The number of anilines is 1. The van der Waals surface area contributed by atoms with Gasteiger partial charge in [-0.25, -0.2) is 0 Å². The van der Waals surface area contributed by atoms with Crippen molar-refractivity contribution >= 4 is 51.9 Å². The number of nitrogens with one attached hydrogen (secondary N) is 1. The average Bonchev–Trinajstić information content (AvgIpc) is 2.52. The van der Waals surface area contributed by atoms with E-state index in [2.05, 4.69) is 27.9 Å². The molecule has 0 radical (unpaired) electrons. The minimum Gasteiger partial charge on any atom is -0.348 e. The number of thioether (sulfide) groups is 1. The van der Waals surface area contributed by atoms with Crippen LogP contribution < -0.4 is 5.32 Å². The molecule has 23 heavy (non-hydrogen) atoms. The number of hydrogen-bond acceptors (Lipinski definition) is 3. The van der Waals surface area contributed by atoms with Crippen molar-refractivity contribution in [1.29, 1.82) is 0 Å². The Kier molecular flexibility index (Phi) is 6.47. The van der Waals surface area contributed by atoms with E-state index in [1.165, 1.54) is 11.8 Å². The maximum Gasteiger partial charge on any atom is 0.256 e. The summed E-state index contributed by atoms with van der Waals surface area (Å²) in [5.74, 6) is 0.149. The maximum atomic E-state index is 12.5. The molecule has 0 saturated heterocycles. The largest absolute Gasteiger partial charge is 0.348 e. The molecule has 0 aliphatic heterocycles. The highest BCUT2D eigenvalue weighted by Crippen LogP contribution is 2.24. The Labute approximate surface area is 153 Å². The molecule has 0 aliphatic rings. The van der Waals surface area contributed by atoms with Gasteiger partial charge in [-0.3, -0.25) is 9.59 Å². The standard InChI is InChI=1S/C17H17IN2O2S/c1-20(2)16(21)11-23-15-9-4-3-8-14(15)17(22)19-13-7-5-6-12(18)10-13/h3-10H,11H2,1-2H3,(H,19,22). The molecule has 0 saturated carbocycles. The number of hydrogen-bond donors (Lipinski definition) is 1. The Balaban J connectivity index is 2.12. The van der Waals surface area contributed by atoms with E-state index in [0.717, 1.165) is 14.2 Å². The fraction of sp³-hybridized carbons (Fsp3) is 0.176. The summed E-state index contributed by atoms with van der Waals surface area (Å²) in [4.78, 5) is 26.6. The Morgan fingerprint density at radius 1 is 1.13 bits per heavy atom. The molecular formula is C17H17IN2O2S. The monoisotopic (exact) mass is 440 g/mol. The van der Waals surface area contributed by atoms with Gasteiger partial charge in [0.25, 0.3) is 5.91 Å². The summed E-state index contributed by atoms with van der Waals surface area (Å²) in [6.45, 7) is 0. The van der Waals surface area contributed by atoms with Crippen molar-refractivity contribution in [3.05, 3.63) is 57.7 Å². The highest BCUT2D eigenvalue weighted by atomic mass is 127. The van der Waals surface area contributed by atoms with Crippen LogP contribution in [0.3, 0.4) is 0 Å². The topological polar surface area (TPSA) is 49.4 Å². The first-order valence-corrected chi connectivity index (χ1v) is 9.02. The highest BCUT2D eigenvalue weighted by molar-refractivity contribution is 14.1. The summed E-state index contributed by atoms with van der Waals surface area (Å²) in [6.07, 6.45) is 0. The van der Waals surface area contributed by atoms with Crippen molar-refractivity contribution in [1.82, 2.24) is 4.90 Å². The highest BCUT2D eigenvalue weighted by Gasteiger charge is 2.13. The fourth-order valence-corrected chi connectivity index (χ4v) is 3.38. The van der Waals surface area contributed by atoms with E-state index in [9.17, 15) is 9.59 Å². The molecule has 0 fully saturated rings. The van der Waals surface area contributed by atoms with E-state index in [0.29, 0.717) is 11.3 Å². The summed E-state index contributed by atoms with van der Waals surface area (Å²) < 4.78 is 1.06. The van der Waals surface area contributed by atoms with Gasteiger partial charge in [-0.2, -0.15) is 0 Å². The third-order valence-electron chi connectivity index (χ3n) is 3.06. The molecule has 2 aromatic carbocycles. The van der Waals surface area contributed by atoms with Crippen LogP contribution in [0.25, 0.3) is 0 Å². The van der Waals surface area contributed by atoms with Crippen molar-refractivity contribution in [2.45, 2.75) is 4.90 Å². The van der Waals surface area contributed by atoms with Crippen LogP contribution in [-0.2, 0) is 4.79 Å². The zero-order valence-electron chi connectivity index (χ0n) is 12.9. The first-order chi connectivity index (χ1) is 11.0. The predicted octanol–water partition coefficient (Wildman–Crippen LogP) is 3.72. The van der Waals surface area contributed by atoms with Crippen LogP contribution in [0.5, 0.6) is 0 Å². The van der Waals surface area contributed by atoms with E-state index < -0.39 is 0 Å². The zero-order chi connectivity index (χ0) is 16.8. The van der Waals surface area contributed by atoms with Gasteiger partial charge in [-0.15, -0.1) is 11.8 Å². The first kappa shape index (κ1) is 17.8. The van der Waals surface area contributed by atoms with E-state index in [4.69, 9.17) is 0 Å². The van der Waals surface area contributed by atoms with E-state index in [-0.39, 0.29) is 11.8 Å². The summed E-state index contributed by atoms with van der Waals surface area (Å²) in [5, 5.41) is 2.90. The molecule has 2 rings (SSSR count). The van der Waals surface area contributed by atoms with Crippen molar-refractivity contribution in [3.8, 4) is 0 Å². The number of halogens is 1. The summed E-state index contributed by atoms with van der Waals surface area (Å²) >= 11 is 3.57. The van der Waals surface area contributed by atoms with Gasteiger partial charge in [0, 0.05) is 28.2 Å². The van der Waals surface area contributed by atoms with E-state index >= 15 is 0 Å². The SMILES string of the molecule is CN(C)C(=O)CSc1ccccc1C(=O)Nc1cccc(I)c1. The number of benzene rings is 2. The van der Waals surface area contributed by atoms with Crippen molar-refractivity contribution in [2.24, 2.45) is 0 Å². The van der Waals surface area contributed by atoms with Crippen LogP contribution in [-0.4, -0.2) is 36.6 Å². The molecule has 0 bridgehead atoms. The normalized spacial score (nSPS) is 10.2. The molecule has 4 nitrogen and oxygen atoms in total. The van der Waals surface area contributed by atoms with E-state index in [1.807, 2.05) is 42.5 Å². The molecule has 1 N–H and O–H groups in total. The molecule has 6 heteroatoms. The molecule has 2 aromatic rings. The lowest BCUT2D eigenvalue weighted by Crippen LogP contribution is -2.23. The number of carbonyl (C=O) groups is 2. The molecule has 0 unspecified atom stereocenters. The van der Waals surface area contributed by atoms with Gasteiger partial charge < -0.3 is 10.2 Å². The van der Waals surface area contributed by atoms with Gasteiger partial charge in [0.2, 0.25) is 5.91 Å². The van der Waals surface area contributed by atoms with Crippen LogP contribution in [0.1, 0.15) is 10.4 Å². The lowest BCUT2D eigenvalue weighted by molar-refractivity contribution is -0.125. The maximum absolute atomic E-state index is 12.5. The molecule has 2 amide bonds. The van der Waals surface area contributed by atoms with Gasteiger partial charge in [-0.05, 0) is 52.9 Å². The quantitative estimate of drug-likeness (QED) is 0.570. The second kappa shape index (κ2) is 8.35. The van der Waals surface area contributed by atoms with Crippen LogP contribution in [0.15, 0.2) is 53.4 Å². The van der Waals surface area contributed by atoms with Gasteiger partial charge >= 0.3 is 0 Å². The Bertz CT molecular complexity index is 719. The fourth-order valence-electron chi connectivity index (χ4n) is 1.81. The average molecular weight is 440 g/mol. The van der Waals surface area contributed by atoms with Crippen LogP contribution >= 0.6 is 34.4 Å². The van der Waals surface area contributed by atoms with Crippen LogP contribution in [0.4, 0.5) is 5.69 Å². The third kappa shape index (κ3) is 5.24. The summed E-state index contributed by atoms with van der Waals surface area (Å²) in [5.41, 5.74) is 1.33. The first-order valence-electron chi connectivity index (χ1n) is 6.96. The van der Waals surface area contributed by atoms with Crippen molar-refractivity contribution in [2.75, 3.05) is 25.2 Å². The second-order valence-corrected chi connectivity index (χ2v) is 7.30.